The third-order valence-corrected chi connectivity index (χ3v) is 5.21. The van der Waals surface area contributed by atoms with Gasteiger partial charge in [0.15, 0.2) is 0 Å². The normalized spacial score (nSPS) is 13.3. The van der Waals surface area contributed by atoms with Gasteiger partial charge in [-0.2, -0.15) is 5.10 Å². The number of pyridine rings is 1. The number of hydrogen-bond donors (Lipinski definition) is 1. The summed E-state index contributed by atoms with van der Waals surface area (Å²) in [6.07, 6.45) is 3.29. The molecule has 0 saturated heterocycles. The van der Waals surface area contributed by atoms with Crippen molar-refractivity contribution in [1.82, 2.24) is 19.5 Å². The van der Waals surface area contributed by atoms with Crippen molar-refractivity contribution < 1.29 is 8.42 Å². The predicted molar refractivity (Wildman–Crippen MR) is 80.3 cm³/mol. The van der Waals surface area contributed by atoms with Crippen LogP contribution in [0.1, 0.15) is 36.8 Å². The standard InChI is InChI=1S/C14H20N4O2S/c1-5-18-12(4)14(11(3)16-18)21(19,20)17-10(2)13-6-8-15-9-7-13/h6-10,17H,5H2,1-4H3/t10-/m0/s1. The van der Waals surface area contributed by atoms with Gasteiger partial charge in [0.05, 0.1) is 11.4 Å². The van der Waals surface area contributed by atoms with Crippen molar-refractivity contribution in [2.75, 3.05) is 0 Å². The van der Waals surface area contributed by atoms with Crippen molar-refractivity contribution in [1.29, 1.82) is 0 Å². The van der Waals surface area contributed by atoms with E-state index in [2.05, 4.69) is 14.8 Å². The van der Waals surface area contributed by atoms with Gasteiger partial charge in [0.1, 0.15) is 4.90 Å². The molecule has 0 amide bonds. The molecule has 2 heterocycles. The average Bonchev–Trinajstić information content (AvgIpc) is 2.74. The second-order valence-corrected chi connectivity index (χ2v) is 6.59. The quantitative estimate of drug-likeness (QED) is 0.916. The molecule has 0 aliphatic carbocycles. The van der Waals surface area contributed by atoms with Gasteiger partial charge in [-0.15, -0.1) is 0 Å². The summed E-state index contributed by atoms with van der Waals surface area (Å²) >= 11 is 0. The van der Waals surface area contributed by atoms with Crippen LogP contribution in [0.3, 0.4) is 0 Å². The van der Waals surface area contributed by atoms with E-state index in [9.17, 15) is 8.42 Å². The van der Waals surface area contributed by atoms with E-state index in [0.29, 0.717) is 17.9 Å². The molecule has 114 valence electrons. The van der Waals surface area contributed by atoms with Gasteiger partial charge < -0.3 is 0 Å². The minimum Gasteiger partial charge on any atom is -0.268 e. The van der Waals surface area contributed by atoms with Crippen molar-refractivity contribution in [2.24, 2.45) is 0 Å². The van der Waals surface area contributed by atoms with E-state index in [0.717, 1.165) is 5.56 Å². The lowest BCUT2D eigenvalue weighted by Crippen LogP contribution is -2.27. The summed E-state index contributed by atoms with van der Waals surface area (Å²) in [7, 11) is -3.61. The summed E-state index contributed by atoms with van der Waals surface area (Å²) in [6.45, 7) is 7.87. The van der Waals surface area contributed by atoms with E-state index in [1.807, 2.05) is 13.8 Å². The average molecular weight is 308 g/mol. The molecule has 0 radical (unpaired) electrons. The van der Waals surface area contributed by atoms with E-state index in [-0.39, 0.29) is 10.9 Å². The monoisotopic (exact) mass is 308 g/mol. The minimum atomic E-state index is -3.61. The Morgan fingerprint density at radius 3 is 2.43 bits per heavy atom. The fraction of sp³-hybridized carbons (Fsp3) is 0.429. The molecule has 0 aliphatic rings. The van der Waals surface area contributed by atoms with Crippen LogP contribution in [-0.2, 0) is 16.6 Å². The molecule has 7 heteroatoms. The smallest absolute Gasteiger partial charge is 0.244 e. The maximum absolute atomic E-state index is 12.6. The molecule has 0 aromatic carbocycles. The second-order valence-electron chi connectivity index (χ2n) is 4.94. The molecule has 2 aromatic heterocycles. The van der Waals surface area contributed by atoms with Crippen molar-refractivity contribution in [3.63, 3.8) is 0 Å². The van der Waals surface area contributed by atoms with Gasteiger partial charge in [0.25, 0.3) is 0 Å². The van der Waals surface area contributed by atoms with Gasteiger partial charge in [0, 0.05) is 25.0 Å². The number of aryl methyl sites for hydroxylation is 2. The lowest BCUT2D eigenvalue weighted by atomic mass is 10.1. The van der Waals surface area contributed by atoms with Crippen molar-refractivity contribution in [3.8, 4) is 0 Å². The molecule has 0 saturated carbocycles. The molecule has 0 unspecified atom stereocenters. The Labute approximate surface area is 125 Å². The molecular weight excluding hydrogens is 288 g/mol. The second kappa shape index (κ2) is 5.95. The van der Waals surface area contributed by atoms with Gasteiger partial charge >= 0.3 is 0 Å². The van der Waals surface area contributed by atoms with E-state index in [1.165, 1.54) is 0 Å². The van der Waals surface area contributed by atoms with Gasteiger partial charge in [-0.1, -0.05) is 0 Å². The number of nitrogens with one attached hydrogen (secondary N) is 1. The molecule has 6 nitrogen and oxygen atoms in total. The largest absolute Gasteiger partial charge is 0.268 e. The van der Waals surface area contributed by atoms with Gasteiger partial charge in [-0.3, -0.25) is 9.67 Å². The van der Waals surface area contributed by atoms with E-state index < -0.39 is 10.0 Å². The Bertz CT molecular complexity index is 723. The zero-order valence-corrected chi connectivity index (χ0v) is 13.5. The van der Waals surface area contributed by atoms with Crippen molar-refractivity contribution in [3.05, 3.63) is 41.5 Å². The van der Waals surface area contributed by atoms with Crippen LogP contribution in [0.15, 0.2) is 29.4 Å². The zero-order chi connectivity index (χ0) is 15.6. The summed E-state index contributed by atoms with van der Waals surface area (Å²) in [4.78, 5) is 4.20. The molecule has 0 aliphatic heterocycles. The Balaban J connectivity index is 2.33. The summed E-state index contributed by atoms with van der Waals surface area (Å²) in [6, 6.07) is 3.26. The molecule has 0 spiro atoms. The number of hydrogen-bond acceptors (Lipinski definition) is 4. The van der Waals surface area contributed by atoms with E-state index in [4.69, 9.17) is 0 Å². The third-order valence-electron chi connectivity index (χ3n) is 3.42. The Morgan fingerprint density at radius 2 is 1.90 bits per heavy atom. The molecule has 1 atom stereocenters. The maximum atomic E-state index is 12.6. The van der Waals surface area contributed by atoms with Crippen molar-refractivity contribution >= 4 is 10.0 Å². The van der Waals surface area contributed by atoms with Crippen LogP contribution in [0.2, 0.25) is 0 Å². The number of aromatic nitrogens is 3. The molecule has 2 aromatic rings. The third kappa shape index (κ3) is 3.14. The van der Waals surface area contributed by atoms with E-state index >= 15 is 0 Å². The fourth-order valence-corrected chi connectivity index (χ4v) is 4.03. The summed E-state index contributed by atoms with van der Waals surface area (Å²) in [5, 5.41) is 4.26. The van der Waals surface area contributed by atoms with Crippen LogP contribution in [-0.4, -0.2) is 23.2 Å². The fourth-order valence-electron chi connectivity index (χ4n) is 2.39. The lowest BCUT2D eigenvalue weighted by Gasteiger charge is -2.14. The highest BCUT2D eigenvalue weighted by atomic mass is 32.2. The summed E-state index contributed by atoms with van der Waals surface area (Å²) < 4.78 is 29.6. The SMILES string of the molecule is CCn1nc(C)c(S(=O)(=O)N[C@@H](C)c2ccncc2)c1C. The van der Waals surface area contributed by atoms with Crippen LogP contribution in [0.4, 0.5) is 0 Å². The maximum Gasteiger partial charge on any atom is 0.244 e. The van der Waals surface area contributed by atoms with Gasteiger partial charge in [-0.05, 0) is 45.4 Å². The highest BCUT2D eigenvalue weighted by Crippen LogP contribution is 2.22. The topological polar surface area (TPSA) is 76.9 Å². The Hall–Kier alpha value is -1.73. The van der Waals surface area contributed by atoms with E-state index in [1.54, 1.807) is 43.1 Å². The predicted octanol–water partition coefficient (Wildman–Crippen LogP) is 1.95. The first-order valence-electron chi connectivity index (χ1n) is 6.83. The molecule has 21 heavy (non-hydrogen) atoms. The first-order valence-corrected chi connectivity index (χ1v) is 8.31. The van der Waals surface area contributed by atoms with Gasteiger partial charge in [0.2, 0.25) is 10.0 Å². The lowest BCUT2D eigenvalue weighted by molar-refractivity contribution is 0.564. The van der Waals surface area contributed by atoms with Crippen LogP contribution >= 0.6 is 0 Å². The minimum absolute atomic E-state index is 0.269. The van der Waals surface area contributed by atoms with Crippen LogP contribution in [0, 0.1) is 13.8 Å². The molecule has 0 bridgehead atoms. The van der Waals surface area contributed by atoms with Crippen LogP contribution < -0.4 is 4.72 Å². The zero-order valence-electron chi connectivity index (χ0n) is 12.7. The Kier molecular flexibility index (Phi) is 4.43. The highest BCUT2D eigenvalue weighted by Gasteiger charge is 2.26. The molecule has 0 fully saturated rings. The number of nitrogens with zero attached hydrogens (tertiary/aromatic N) is 3. The summed E-state index contributed by atoms with van der Waals surface area (Å²) in [5.74, 6) is 0. The molecular formula is C14H20N4O2S. The first kappa shape index (κ1) is 15.7. The number of sulfonamides is 1. The van der Waals surface area contributed by atoms with Gasteiger partial charge in [-0.25, -0.2) is 13.1 Å². The van der Waals surface area contributed by atoms with Crippen LogP contribution in [0.5, 0.6) is 0 Å². The molecule has 1 N–H and O–H groups in total. The Morgan fingerprint density at radius 1 is 1.29 bits per heavy atom. The first-order chi connectivity index (χ1) is 9.86. The molecule has 2 rings (SSSR count). The highest BCUT2D eigenvalue weighted by molar-refractivity contribution is 7.89. The summed E-state index contributed by atoms with van der Waals surface area (Å²) in [5.41, 5.74) is 2.04. The van der Waals surface area contributed by atoms with Crippen LogP contribution in [0.25, 0.3) is 0 Å². The van der Waals surface area contributed by atoms with Crippen molar-refractivity contribution in [2.45, 2.75) is 45.2 Å². The number of rotatable bonds is 5.